The van der Waals surface area contributed by atoms with Crippen LogP contribution in [-0.4, -0.2) is 13.2 Å². The van der Waals surface area contributed by atoms with Crippen LogP contribution in [0.25, 0.3) is 0 Å². The quantitative estimate of drug-likeness (QED) is 0.868. The molecule has 0 heterocycles. The van der Waals surface area contributed by atoms with Crippen molar-refractivity contribution in [1.82, 2.24) is 0 Å². The zero-order valence-electron chi connectivity index (χ0n) is 7.54. The Kier molecular flexibility index (Phi) is 4.89. The molecule has 1 aromatic rings. The molecular weight excluding hydrogens is 296 g/mol. The van der Waals surface area contributed by atoms with Gasteiger partial charge in [0.25, 0.3) is 0 Å². The maximum Gasteiger partial charge on any atom is 0.139 e. The van der Waals surface area contributed by atoms with Crippen LogP contribution in [0.1, 0.15) is 0 Å². The van der Waals surface area contributed by atoms with Crippen LogP contribution >= 0.6 is 22.6 Å². The Bertz CT molecular complexity index is 310. The molecule has 0 amide bonds. The Hall–Kier alpha value is -0.620. The van der Waals surface area contributed by atoms with Gasteiger partial charge in [0.2, 0.25) is 0 Å². The van der Waals surface area contributed by atoms with Crippen molar-refractivity contribution in [2.24, 2.45) is 5.73 Å². The van der Waals surface area contributed by atoms with E-state index in [0.29, 0.717) is 5.75 Å². The molecular formula is C10H11FINO. The predicted molar refractivity (Wildman–Crippen MR) is 62.9 cm³/mol. The van der Waals surface area contributed by atoms with E-state index in [1.54, 1.807) is 12.1 Å². The number of rotatable bonds is 4. The molecule has 0 aliphatic rings. The van der Waals surface area contributed by atoms with Crippen molar-refractivity contribution in [3.8, 4) is 5.75 Å². The van der Waals surface area contributed by atoms with Crippen LogP contribution in [-0.2, 0) is 0 Å². The first-order valence-corrected chi connectivity index (χ1v) is 5.23. The summed E-state index contributed by atoms with van der Waals surface area (Å²) in [5.74, 6) is 0.317. The lowest BCUT2D eigenvalue weighted by molar-refractivity contribution is 0.318. The highest BCUT2D eigenvalue weighted by atomic mass is 127. The lowest BCUT2D eigenvalue weighted by atomic mass is 10.3. The highest BCUT2D eigenvalue weighted by Gasteiger charge is 1.96. The number of ether oxygens (including phenoxy) is 1. The fourth-order valence-electron chi connectivity index (χ4n) is 0.870. The van der Waals surface area contributed by atoms with Crippen LogP contribution in [0.3, 0.4) is 0 Å². The lowest BCUT2D eigenvalue weighted by Crippen LogP contribution is -2.01. The Morgan fingerprint density at radius 2 is 2.07 bits per heavy atom. The topological polar surface area (TPSA) is 35.2 Å². The van der Waals surface area contributed by atoms with Crippen molar-refractivity contribution in [3.63, 3.8) is 0 Å². The maximum absolute atomic E-state index is 12.8. The molecule has 0 bridgehead atoms. The number of hydrogen-bond acceptors (Lipinski definition) is 2. The molecule has 0 atom stereocenters. The van der Waals surface area contributed by atoms with Crippen LogP contribution < -0.4 is 10.5 Å². The second-order valence-corrected chi connectivity index (χ2v) is 3.87. The van der Waals surface area contributed by atoms with E-state index < -0.39 is 0 Å². The van der Waals surface area contributed by atoms with Gasteiger partial charge in [-0.2, -0.15) is 0 Å². The van der Waals surface area contributed by atoms with Gasteiger partial charge in [0, 0.05) is 10.1 Å². The number of halogens is 2. The van der Waals surface area contributed by atoms with Gasteiger partial charge >= 0.3 is 0 Å². The summed E-state index contributed by atoms with van der Waals surface area (Å²) < 4.78 is 19.1. The summed E-state index contributed by atoms with van der Waals surface area (Å²) in [4.78, 5) is 0. The smallest absolute Gasteiger partial charge is 0.139 e. The van der Waals surface area contributed by atoms with Crippen LogP contribution in [0, 0.1) is 3.57 Å². The molecule has 1 aromatic carbocycles. The third-order valence-electron chi connectivity index (χ3n) is 1.53. The van der Waals surface area contributed by atoms with Crippen molar-refractivity contribution in [2.75, 3.05) is 13.2 Å². The summed E-state index contributed by atoms with van der Waals surface area (Å²) in [5, 5.41) is 0. The Balaban J connectivity index is 2.46. The van der Waals surface area contributed by atoms with Crippen molar-refractivity contribution in [3.05, 3.63) is 39.7 Å². The van der Waals surface area contributed by atoms with E-state index in [1.807, 2.05) is 12.1 Å². The van der Waals surface area contributed by atoms with Gasteiger partial charge in [0.1, 0.15) is 18.2 Å². The van der Waals surface area contributed by atoms with Gasteiger partial charge < -0.3 is 10.5 Å². The summed E-state index contributed by atoms with van der Waals surface area (Å²) in [7, 11) is 0. The van der Waals surface area contributed by atoms with Gasteiger partial charge in [-0.05, 0) is 52.9 Å². The molecule has 0 spiro atoms. The van der Waals surface area contributed by atoms with Crippen molar-refractivity contribution < 1.29 is 9.13 Å². The number of hydrogen-bond donors (Lipinski definition) is 1. The number of benzene rings is 1. The van der Waals surface area contributed by atoms with E-state index in [4.69, 9.17) is 10.5 Å². The summed E-state index contributed by atoms with van der Waals surface area (Å²) in [6.45, 7) is 0.139. The predicted octanol–water partition coefficient (Wildman–Crippen LogP) is 2.48. The van der Waals surface area contributed by atoms with Crippen LogP contribution in [0.15, 0.2) is 36.2 Å². The monoisotopic (exact) mass is 307 g/mol. The Labute approximate surface area is 96.1 Å². The summed E-state index contributed by atoms with van der Waals surface area (Å²) in [6, 6.07) is 7.41. The minimum Gasteiger partial charge on any atom is -0.487 e. The van der Waals surface area contributed by atoms with Gasteiger partial charge in [-0.1, -0.05) is 0 Å². The zero-order chi connectivity index (χ0) is 10.4. The van der Waals surface area contributed by atoms with Gasteiger partial charge in [-0.3, -0.25) is 0 Å². The first-order chi connectivity index (χ1) is 6.72. The van der Waals surface area contributed by atoms with Crippen LogP contribution in [0.2, 0.25) is 0 Å². The Morgan fingerprint density at radius 3 is 2.64 bits per heavy atom. The van der Waals surface area contributed by atoms with Gasteiger partial charge in [-0.25, -0.2) is 4.39 Å². The molecule has 0 aliphatic carbocycles. The molecule has 0 aliphatic heterocycles. The van der Waals surface area contributed by atoms with E-state index in [1.165, 1.54) is 6.08 Å². The molecule has 0 saturated carbocycles. The van der Waals surface area contributed by atoms with E-state index in [0.717, 1.165) is 3.57 Å². The SMILES string of the molecule is NC/C=C(/F)COc1ccc(I)cc1. The largest absolute Gasteiger partial charge is 0.487 e. The minimum atomic E-state index is -0.342. The van der Waals surface area contributed by atoms with Crippen molar-refractivity contribution >= 4 is 22.6 Å². The van der Waals surface area contributed by atoms with E-state index in [2.05, 4.69) is 22.6 Å². The van der Waals surface area contributed by atoms with E-state index in [-0.39, 0.29) is 19.0 Å². The zero-order valence-corrected chi connectivity index (χ0v) is 9.70. The molecule has 2 N–H and O–H groups in total. The van der Waals surface area contributed by atoms with Crippen molar-refractivity contribution in [2.45, 2.75) is 0 Å². The van der Waals surface area contributed by atoms with Crippen LogP contribution in [0.4, 0.5) is 4.39 Å². The third kappa shape index (κ3) is 4.06. The lowest BCUT2D eigenvalue weighted by Gasteiger charge is -2.03. The minimum absolute atomic E-state index is 0.0577. The fourth-order valence-corrected chi connectivity index (χ4v) is 1.23. The summed E-state index contributed by atoms with van der Waals surface area (Å²) in [6.07, 6.45) is 1.30. The van der Waals surface area contributed by atoms with E-state index in [9.17, 15) is 4.39 Å². The van der Waals surface area contributed by atoms with Crippen LogP contribution in [0.5, 0.6) is 5.75 Å². The molecule has 0 aromatic heterocycles. The fraction of sp³-hybridized carbons (Fsp3) is 0.200. The molecule has 4 heteroatoms. The number of nitrogens with two attached hydrogens (primary N) is 1. The highest BCUT2D eigenvalue weighted by molar-refractivity contribution is 14.1. The standard InChI is InChI=1S/C10H11FINO/c11-8(5-6-13)7-14-10-3-1-9(12)2-4-10/h1-5H,6-7,13H2/b8-5+. The first-order valence-electron chi connectivity index (χ1n) is 4.15. The molecule has 1 rings (SSSR count). The van der Waals surface area contributed by atoms with Gasteiger partial charge in [-0.15, -0.1) is 0 Å². The molecule has 0 saturated heterocycles. The van der Waals surface area contributed by atoms with Crippen molar-refractivity contribution in [1.29, 1.82) is 0 Å². The second-order valence-electron chi connectivity index (χ2n) is 2.63. The normalized spacial score (nSPS) is 11.5. The average Bonchev–Trinajstić information content (AvgIpc) is 2.17. The Morgan fingerprint density at radius 1 is 1.43 bits per heavy atom. The van der Waals surface area contributed by atoms with Gasteiger partial charge in [0.05, 0.1) is 0 Å². The molecule has 2 nitrogen and oxygen atoms in total. The molecule has 0 radical (unpaired) electrons. The summed E-state index contributed by atoms with van der Waals surface area (Å²) in [5.41, 5.74) is 5.15. The highest BCUT2D eigenvalue weighted by Crippen LogP contribution is 2.14. The third-order valence-corrected chi connectivity index (χ3v) is 2.25. The first kappa shape index (κ1) is 11.5. The maximum atomic E-state index is 12.8. The molecule has 0 unspecified atom stereocenters. The van der Waals surface area contributed by atoms with Gasteiger partial charge in [0.15, 0.2) is 0 Å². The molecule has 76 valence electrons. The van der Waals surface area contributed by atoms with E-state index >= 15 is 0 Å². The summed E-state index contributed by atoms with van der Waals surface area (Å²) >= 11 is 2.19. The molecule has 0 fully saturated rings. The average molecular weight is 307 g/mol. The second kappa shape index (κ2) is 5.98. The molecule has 14 heavy (non-hydrogen) atoms.